The fraction of sp³-hybridized carbons (Fsp3) is 0.214. The molecule has 1 aliphatic rings. The monoisotopic (exact) mass is 305 g/mol. The number of amides is 1. The first-order valence-electron chi connectivity index (χ1n) is 6.33. The molecule has 5 nitrogen and oxygen atoms in total. The molecular formula is C14H12FN3O2S. The third-order valence-corrected chi connectivity index (χ3v) is 3.84. The molecule has 0 aliphatic carbocycles. The Morgan fingerprint density at radius 3 is 3.10 bits per heavy atom. The summed E-state index contributed by atoms with van der Waals surface area (Å²) in [7, 11) is 0. The van der Waals surface area contributed by atoms with Crippen LogP contribution in [-0.4, -0.2) is 22.7 Å². The molecule has 1 N–H and O–H groups in total. The van der Waals surface area contributed by atoms with Crippen LogP contribution < -0.4 is 5.32 Å². The molecule has 108 valence electrons. The molecule has 0 saturated heterocycles. The highest BCUT2D eigenvalue weighted by atomic mass is 32.1. The number of oxime groups is 1. The second kappa shape index (κ2) is 5.61. The zero-order valence-electron chi connectivity index (χ0n) is 11.2. The van der Waals surface area contributed by atoms with E-state index >= 15 is 0 Å². The highest BCUT2D eigenvalue weighted by Gasteiger charge is 2.29. The summed E-state index contributed by atoms with van der Waals surface area (Å²) >= 11 is 1.35. The number of rotatable bonds is 3. The Kier molecular flexibility index (Phi) is 3.66. The van der Waals surface area contributed by atoms with Crippen molar-refractivity contribution < 1.29 is 14.0 Å². The molecule has 0 unspecified atom stereocenters. The Bertz CT molecular complexity index is 714. The van der Waals surface area contributed by atoms with E-state index in [0.29, 0.717) is 22.8 Å². The highest BCUT2D eigenvalue weighted by molar-refractivity contribution is 7.13. The summed E-state index contributed by atoms with van der Waals surface area (Å²) in [6, 6.07) is 6.05. The average Bonchev–Trinajstić information content (AvgIpc) is 3.08. The first-order valence-corrected chi connectivity index (χ1v) is 7.21. The van der Waals surface area contributed by atoms with Crippen LogP contribution in [0.5, 0.6) is 0 Å². The Morgan fingerprint density at radius 1 is 1.52 bits per heavy atom. The number of nitrogens with zero attached hydrogens (tertiary/aromatic N) is 2. The van der Waals surface area contributed by atoms with E-state index in [0.717, 1.165) is 5.69 Å². The van der Waals surface area contributed by atoms with Crippen LogP contribution in [0.3, 0.4) is 0 Å². The van der Waals surface area contributed by atoms with E-state index < -0.39 is 6.10 Å². The molecule has 0 spiro atoms. The van der Waals surface area contributed by atoms with Gasteiger partial charge in [0.25, 0.3) is 5.91 Å². The highest BCUT2D eigenvalue weighted by Crippen LogP contribution is 2.20. The van der Waals surface area contributed by atoms with Gasteiger partial charge in [0.2, 0.25) is 6.10 Å². The van der Waals surface area contributed by atoms with Gasteiger partial charge in [-0.2, -0.15) is 0 Å². The molecule has 7 heteroatoms. The van der Waals surface area contributed by atoms with Crippen molar-refractivity contribution in [2.45, 2.75) is 19.4 Å². The molecule has 1 aliphatic heterocycles. The molecule has 0 saturated carbocycles. The number of halogens is 1. The van der Waals surface area contributed by atoms with E-state index in [-0.39, 0.29) is 11.7 Å². The maximum Gasteiger partial charge on any atom is 0.270 e. The molecular weight excluding hydrogens is 293 g/mol. The summed E-state index contributed by atoms with van der Waals surface area (Å²) in [6.45, 7) is 1.85. The van der Waals surface area contributed by atoms with Gasteiger partial charge >= 0.3 is 0 Å². The van der Waals surface area contributed by atoms with Crippen molar-refractivity contribution in [1.29, 1.82) is 0 Å². The summed E-state index contributed by atoms with van der Waals surface area (Å²) in [5.41, 5.74) is 2.03. The van der Waals surface area contributed by atoms with Gasteiger partial charge < -0.3 is 4.84 Å². The summed E-state index contributed by atoms with van der Waals surface area (Å²) in [5.74, 6) is -0.652. The molecule has 1 aromatic carbocycles. The number of hydrogen-bond acceptors (Lipinski definition) is 5. The zero-order valence-corrected chi connectivity index (χ0v) is 12.0. The number of carbonyl (C=O) groups is 1. The number of carbonyl (C=O) groups excluding carboxylic acids is 1. The molecule has 1 atom stereocenters. The van der Waals surface area contributed by atoms with Crippen molar-refractivity contribution in [3.8, 4) is 0 Å². The van der Waals surface area contributed by atoms with Crippen LogP contribution in [0, 0.1) is 12.7 Å². The molecule has 0 bridgehead atoms. The van der Waals surface area contributed by atoms with E-state index in [2.05, 4.69) is 15.5 Å². The first kappa shape index (κ1) is 13.7. The van der Waals surface area contributed by atoms with Crippen LogP contribution in [0.1, 0.15) is 17.7 Å². The molecule has 1 amide bonds. The van der Waals surface area contributed by atoms with Crippen molar-refractivity contribution in [2.75, 3.05) is 5.32 Å². The summed E-state index contributed by atoms with van der Waals surface area (Å²) < 4.78 is 13.2. The summed E-state index contributed by atoms with van der Waals surface area (Å²) in [5, 5.41) is 8.93. The van der Waals surface area contributed by atoms with Crippen molar-refractivity contribution in [3.63, 3.8) is 0 Å². The van der Waals surface area contributed by atoms with Gasteiger partial charge in [0.1, 0.15) is 5.82 Å². The van der Waals surface area contributed by atoms with E-state index in [9.17, 15) is 9.18 Å². The van der Waals surface area contributed by atoms with Gasteiger partial charge in [0.15, 0.2) is 5.13 Å². The second-order valence-corrected chi connectivity index (χ2v) is 5.49. The van der Waals surface area contributed by atoms with Crippen LogP contribution in [0.2, 0.25) is 0 Å². The van der Waals surface area contributed by atoms with Crippen molar-refractivity contribution in [1.82, 2.24) is 4.98 Å². The number of hydrogen-bond donors (Lipinski definition) is 1. The summed E-state index contributed by atoms with van der Waals surface area (Å²) in [4.78, 5) is 21.3. The fourth-order valence-corrected chi connectivity index (χ4v) is 2.64. The number of aromatic nitrogens is 1. The van der Waals surface area contributed by atoms with E-state index in [1.807, 2.05) is 12.3 Å². The lowest BCUT2D eigenvalue weighted by molar-refractivity contribution is -0.125. The average molecular weight is 305 g/mol. The zero-order chi connectivity index (χ0) is 14.8. The SMILES string of the molecule is Cc1csc(NC(=O)[C@H]2CC(c3cccc(F)c3)=NO2)n1. The Morgan fingerprint density at radius 2 is 2.38 bits per heavy atom. The topological polar surface area (TPSA) is 63.6 Å². The van der Waals surface area contributed by atoms with Crippen LogP contribution >= 0.6 is 11.3 Å². The lowest BCUT2D eigenvalue weighted by atomic mass is 10.0. The van der Waals surface area contributed by atoms with Gasteiger partial charge in [-0.1, -0.05) is 17.3 Å². The van der Waals surface area contributed by atoms with Crippen molar-refractivity contribution in [3.05, 3.63) is 46.7 Å². The molecule has 0 fully saturated rings. The van der Waals surface area contributed by atoms with Crippen LogP contribution in [0.25, 0.3) is 0 Å². The number of nitrogens with one attached hydrogen (secondary N) is 1. The van der Waals surface area contributed by atoms with Gasteiger partial charge in [-0.05, 0) is 19.1 Å². The first-order chi connectivity index (χ1) is 10.1. The van der Waals surface area contributed by atoms with Gasteiger partial charge in [-0.25, -0.2) is 9.37 Å². The number of anilines is 1. The third kappa shape index (κ3) is 3.08. The number of benzene rings is 1. The fourth-order valence-electron chi connectivity index (χ4n) is 1.95. The molecule has 0 radical (unpaired) electrons. The van der Waals surface area contributed by atoms with Crippen LogP contribution in [0.4, 0.5) is 9.52 Å². The van der Waals surface area contributed by atoms with E-state index in [1.165, 1.54) is 23.5 Å². The Balaban J connectivity index is 1.64. The van der Waals surface area contributed by atoms with Gasteiger partial charge in [-0.3, -0.25) is 10.1 Å². The maximum atomic E-state index is 13.2. The lowest BCUT2D eigenvalue weighted by Crippen LogP contribution is -2.28. The van der Waals surface area contributed by atoms with Gasteiger partial charge in [0.05, 0.1) is 11.4 Å². The quantitative estimate of drug-likeness (QED) is 0.948. The predicted molar refractivity (Wildman–Crippen MR) is 77.9 cm³/mol. The van der Waals surface area contributed by atoms with E-state index in [4.69, 9.17) is 4.84 Å². The number of thiazole rings is 1. The molecule has 3 rings (SSSR count). The van der Waals surface area contributed by atoms with Gasteiger partial charge in [0, 0.05) is 17.4 Å². The maximum absolute atomic E-state index is 13.2. The normalized spacial score (nSPS) is 17.2. The van der Waals surface area contributed by atoms with Crippen LogP contribution in [0.15, 0.2) is 34.8 Å². The molecule has 2 heterocycles. The summed E-state index contributed by atoms with van der Waals surface area (Å²) in [6.07, 6.45) is -0.410. The Labute approximate surface area is 124 Å². The van der Waals surface area contributed by atoms with Crippen LogP contribution in [-0.2, 0) is 9.63 Å². The van der Waals surface area contributed by atoms with Gasteiger partial charge in [-0.15, -0.1) is 11.3 Å². The largest absolute Gasteiger partial charge is 0.382 e. The minimum absolute atomic E-state index is 0.305. The standard InChI is InChI=1S/C14H12FN3O2S/c1-8-7-21-14(16-8)17-13(19)12-6-11(18-20-12)9-3-2-4-10(15)5-9/h2-5,7,12H,6H2,1H3,(H,16,17,19)/t12-/m1/s1. The van der Waals surface area contributed by atoms with E-state index in [1.54, 1.807) is 12.1 Å². The predicted octanol–water partition coefficient (Wildman–Crippen LogP) is 2.72. The molecule has 2 aromatic rings. The lowest BCUT2D eigenvalue weighted by Gasteiger charge is -2.06. The molecule has 21 heavy (non-hydrogen) atoms. The minimum atomic E-state index is -0.715. The van der Waals surface area contributed by atoms with Crippen molar-refractivity contribution in [2.24, 2.45) is 5.16 Å². The number of aryl methyl sites for hydroxylation is 1. The van der Waals surface area contributed by atoms with Crippen molar-refractivity contribution >= 4 is 28.1 Å². The molecule has 1 aromatic heterocycles. The minimum Gasteiger partial charge on any atom is -0.382 e. The Hall–Kier alpha value is -2.28. The third-order valence-electron chi connectivity index (χ3n) is 2.97. The second-order valence-electron chi connectivity index (χ2n) is 4.63. The smallest absolute Gasteiger partial charge is 0.270 e.